The van der Waals surface area contributed by atoms with Gasteiger partial charge >= 0.3 is 0 Å². The number of fused-ring (bicyclic) bond motifs is 16. The van der Waals surface area contributed by atoms with E-state index in [0.717, 1.165) is 17.1 Å². The third-order valence-electron chi connectivity index (χ3n) is 14.9. The Kier molecular flexibility index (Phi) is 8.57. The molecule has 0 aromatic heterocycles. The van der Waals surface area contributed by atoms with E-state index in [1.807, 2.05) is 0 Å². The molecule has 0 saturated heterocycles. The summed E-state index contributed by atoms with van der Waals surface area (Å²) < 4.78 is 0. The Hall–Kier alpha value is -8.78. The molecular formula is C67H43N. The van der Waals surface area contributed by atoms with E-state index in [1.165, 1.54) is 110 Å². The fourth-order valence-electron chi connectivity index (χ4n) is 12.0. The summed E-state index contributed by atoms with van der Waals surface area (Å²) in [5, 5.41) is 7.59. The van der Waals surface area contributed by atoms with Crippen LogP contribution in [0.2, 0.25) is 0 Å². The van der Waals surface area contributed by atoms with E-state index >= 15 is 0 Å². The van der Waals surface area contributed by atoms with Gasteiger partial charge in [0.2, 0.25) is 0 Å². The Balaban J connectivity index is 0.924. The number of anilines is 3. The largest absolute Gasteiger partial charge is 0.310 e. The molecule has 0 heterocycles. The van der Waals surface area contributed by atoms with Gasteiger partial charge in [-0.2, -0.15) is 0 Å². The van der Waals surface area contributed by atoms with Gasteiger partial charge in [0.25, 0.3) is 0 Å². The Bertz CT molecular complexity index is 3840. The van der Waals surface area contributed by atoms with Gasteiger partial charge in [-0.15, -0.1) is 0 Å². The summed E-state index contributed by atoms with van der Waals surface area (Å²) in [6.07, 6.45) is 0. The summed E-state index contributed by atoms with van der Waals surface area (Å²) >= 11 is 0. The predicted molar refractivity (Wildman–Crippen MR) is 286 cm³/mol. The number of nitrogens with zero attached hydrogens (tertiary/aromatic N) is 1. The van der Waals surface area contributed by atoms with Gasteiger partial charge in [0.1, 0.15) is 0 Å². The third-order valence-corrected chi connectivity index (χ3v) is 14.9. The van der Waals surface area contributed by atoms with Crippen molar-refractivity contribution in [2.45, 2.75) is 5.41 Å². The quantitative estimate of drug-likeness (QED) is 0.151. The van der Waals surface area contributed by atoms with Crippen LogP contribution in [0.15, 0.2) is 261 Å². The standard InChI is InChI=1S/C67H43N/c1-2-15-44(16-3-1)45-29-31-46(32-30-45)47-33-37-49(38-34-47)68(51-41-42-57-55-19-5-4-17-53(55)54-18-6-7-20-56(54)62(57)43-51)50-39-35-48(36-40-50)52-24-14-25-61-60-23-10-13-28-65(60)67(66(52)61)63-26-11-8-21-58(63)59-22-9-12-27-64(59)67/h1-43H. The third kappa shape index (κ3) is 5.63. The van der Waals surface area contributed by atoms with Crippen LogP contribution in [0.3, 0.4) is 0 Å². The Labute approximate surface area is 396 Å². The van der Waals surface area contributed by atoms with E-state index in [0.29, 0.717) is 0 Å². The fourth-order valence-corrected chi connectivity index (χ4v) is 12.0. The second-order valence-corrected chi connectivity index (χ2v) is 18.3. The van der Waals surface area contributed by atoms with Gasteiger partial charge in [-0.1, -0.05) is 224 Å². The molecule has 1 nitrogen and oxygen atoms in total. The van der Waals surface area contributed by atoms with Gasteiger partial charge in [-0.05, 0) is 147 Å². The smallest absolute Gasteiger partial charge is 0.0731 e. The van der Waals surface area contributed by atoms with Gasteiger partial charge < -0.3 is 4.90 Å². The van der Waals surface area contributed by atoms with Gasteiger partial charge in [-0.25, -0.2) is 0 Å². The molecule has 0 saturated carbocycles. The van der Waals surface area contributed by atoms with Gasteiger partial charge in [0.15, 0.2) is 0 Å². The van der Waals surface area contributed by atoms with Crippen molar-refractivity contribution in [3.8, 4) is 55.6 Å². The second kappa shape index (κ2) is 15.1. The zero-order valence-electron chi connectivity index (χ0n) is 37.3. The molecule has 0 bridgehead atoms. The monoisotopic (exact) mass is 861 g/mol. The Morgan fingerprint density at radius 3 is 1.10 bits per heavy atom. The highest BCUT2D eigenvalue weighted by atomic mass is 15.1. The molecule has 2 aliphatic carbocycles. The second-order valence-electron chi connectivity index (χ2n) is 18.3. The van der Waals surface area contributed by atoms with E-state index in [2.05, 4.69) is 266 Å². The maximum absolute atomic E-state index is 2.42. The molecule has 0 radical (unpaired) electrons. The zero-order valence-corrected chi connectivity index (χ0v) is 37.3. The summed E-state index contributed by atoms with van der Waals surface area (Å²) in [7, 11) is 0. The van der Waals surface area contributed by atoms with Crippen molar-refractivity contribution in [3.63, 3.8) is 0 Å². The lowest BCUT2D eigenvalue weighted by Crippen LogP contribution is -2.26. The molecule has 316 valence electrons. The molecule has 12 aromatic carbocycles. The van der Waals surface area contributed by atoms with E-state index in [1.54, 1.807) is 0 Å². The lowest BCUT2D eigenvalue weighted by atomic mass is 9.68. The minimum Gasteiger partial charge on any atom is -0.310 e. The summed E-state index contributed by atoms with van der Waals surface area (Å²) in [5.74, 6) is 0. The maximum atomic E-state index is 2.42. The highest BCUT2D eigenvalue weighted by molar-refractivity contribution is 6.25. The van der Waals surface area contributed by atoms with Crippen LogP contribution in [0.25, 0.3) is 88.0 Å². The van der Waals surface area contributed by atoms with Crippen molar-refractivity contribution >= 4 is 49.4 Å². The molecule has 0 unspecified atom stereocenters. The number of benzene rings is 12. The predicted octanol–water partition coefficient (Wildman–Crippen LogP) is 18.0. The van der Waals surface area contributed by atoms with Gasteiger partial charge in [-0.3, -0.25) is 0 Å². The lowest BCUT2D eigenvalue weighted by molar-refractivity contribution is 0.796. The molecule has 0 amide bonds. The van der Waals surface area contributed by atoms with Crippen molar-refractivity contribution in [2.24, 2.45) is 0 Å². The van der Waals surface area contributed by atoms with Crippen LogP contribution in [0.5, 0.6) is 0 Å². The first-order chi connectivity index (χ1) is 33.7. The van der Waals surface area contributed by atoms with Crippen LogP contribution in [-0.4, -0.2) is 0 Å². The minimum absolute atomic E-state index is 0.429. The molecule has 0 N–H and O–H groups in total. The maximum Gasteiger partial charge on any atom is 0.0731 e. The highest BCUT2D eigenvalue weighted by Crippen LogP contribution is 2.64. The average molecular weight is 862 g/mol. The number of hydrogen-bond acceptors (Lipinski definition) is 1. The van der Waals surface area contributed by atoms with Crippen LogP contribution in [0.1, 0.15) is 22.3 Å². The SMILES string of the molecule is c1ccc(-c2ccc(-c3ccc(N(c4ccc(-c5cccc6c5C5(c7ccccc7-c7ccccc75)c5ccccc5-6)cc4)c4ccc5c6ccccc6c6ccccc6c5c4)cc3)cc2)cc1. The van der Waals surface area contributed by atoms with E-state index < -0.39 is 5.41 Å². The number of hydrogen-bond donors (Lipinski definition) is 0. The van der Waals surface area contributed by atoms with Gasteiger partial charge in [0, 0.05) is 17.1 Å². The van der Waals surface area contributed by atoms with E-state index in [9.17, 15) is 0 Å². The molecule has 68 heavy (non-hydrogen) atoms. The van der Waals surface area contributed by atoms with Crippen molar-refractivity contribution in [3.05, 3.63) is 283 Å². The minimum atomic E-state index is -0.429. The van der Waals surface area contributed by atoms with Crippen LogP contribution in [0, 0.1) is 0 Å². The lowest BCUT2D eigenvalue weighted by Gasteiger charge is -2.32. The first-order valence-electron chi connectivity index (χ1n) is 23.7. The van der Waals surface area contributed by atoms with Crippen LogP contribution >= 0.6 is 0 Å². The Morgan fingerprint density at radius 1 is 0.221 bits per heavy atom. The molecule has 12 aromatic rings. The van der Waals surface area contributed by atoms with E-state index in [-0.39, 0.29) is 0 Å². The number of rotatable bonds is 6. The Morgan fingerprint density at radius 2 is 0.574 bits per heavy atom. The molecule has 2 aliphatic rings. The molecular weight excluding hydrogens is 819 g/mol. The van der Waals surface area contributed by atoms with Crippen molar-refractivity contribution < 1.29 is 0 Å². The summed E-state index contributed by atoms with van der Waals surface area (Å²) in [5.41, 5.74) is 20.8. The van der Waals surface area contributed by atoms with E-state index in [4.69, 9.17) is 0 Å². The van der Waals surface area contributed by atoms with Crippen LogP contribution in [0.4, 0.5) is 17.1 Å². The topological polar surface area (TPSA) is 3.24 Å². The molecule has 0 atom stereocenters. The highest BCUT2D eigenvalue weighted by Gasteiger charge is 2.52. The zero-order chi connectivity index (χ0) is 44.8. The molecule has 14 rings (SSSR count). The van der Waals surface area contributed by atoms with Gasteiger partial charge in [0.05, 0.1) is 5.41 Å². The molecule has 1 heteroatoms. The van der Waals surface area contributed by atoms with Crippen molar-refractivity contribution in [2.75, 3.05) is 4.90 Å². The first-order valence-corrected chi connectivity index (χ1v) is 23.7. The first kappa shape index (κ1) is 38.5. The van der Waals surface area contributed by atoms with Crippen molar-refractivity contribution in [1.29, 1.82) is 0 Å². The van der Waals surface area contributed by atoms with Crippen molar-refractivity contribution in [1.82, 2.24) is 0 Å². The van der Waals surface area contributed by atoms with Crippen LogP contribution < -0.4 is 4.90 Å². The normalized spacial score (nSPS) is 12.8. The molecule has 0 aliphatic heterocycles. The molecule has 0 fully saturated rings. The average Bonchev–Trinajstić information content (AvgIpc) is 3.89. The summed E-state index contributed by atoms with van der Waals surface area (Å²) in [6, 6.07) is 96.7. The molecule has 1 spiro atoms. The van der Waals surface area contributed by atoms with Crippen LogP contribution in [-0.2, 0) is 5.41 Å². The summed E-state index contributed by atoms with van der Waals surface area (Å²) in [6.45, 7) is 0. The fraction of sp³-hybridized carbons (Fsp3) is 0.0149. The summed E-state index contributed by atoms with van der Waals surface area (Å²) in [4.78, 5) is 2.42.